The highest BCUT2D eigenvalue weighted by atomic mass is 16.6. The molecule has 0 aliphatic heterocycles. The van der Waals surface area contributed by atoms with Crippen LogP contribution in [-0.2, 0) is 4.79 Å². The molecule has 0 N–H and O–H groups in total. The highest BCUT2D eigenvalue weighted by Gasteiger charge is 2.08. The number of hydrogen-bond donors (Lipinski definition) is 0. The molecule has 0 saturated heterocycles. The van der Waals surface area contributed by atoms with Gasteiger partial charge in [-0.2, -0.15) is 0 Å². The van der Waals surface area contributed by atoms with Gasteiger partial charge in [0, 0.05) is 6.07 Å². The zero-order valence-corrected chi connectivity index (χ0v) is 8.04. The zero-order chi connectivity index (χ0) is 11.3. The number of aldehydes is 1. The summed E-state index contributed by atoms with van der Waals surface area (Å²) in [6, 6.07) is 4.29. The van der Waals surface area contributed by atoms with Crippen LogP contribution in [0.1, 0.15) is 5.56 Å². The number of benzene rings is 1. The van der Waals surface area contributed by atoms with E-state index in [0.29, 0.717) is 17.6 Å². The summed E-state index contributed by atoms with van der Waals surface area (Å²) in [4.78, 5) is 20.1. The second-order valence-electron chi connectivity index (χ2n) is 2.72. The molecular formula is C10H9NO4. The first-order chi connectivity index (χ1) is 7.17. The Morgan fingerprint density at radius 3 is 2.67 bits per heavy atom. The molecule has 1 aromatic carbocycles. The van der Waals surface area contributed by atoms with E-state index in [-0.39, 0.29) is 5.69 Å². The first-order valence-corrected chi connectivity index (χ1v) is 4.12. The van der Waals surface area contributed by atoms with E-state index in [4.69, 9.17) is 4.74 Å². The van der Waals surface area contributed by atoms with Gasteiger partial charge in [0.15, 0.2) is 0 Å². The van der Waals surface area contributed by atoms with Gasteiger partial charge >= 0.3 is 0 Å². The summed E-state index contributed by atoms with van der Waals surface area (Å²) in [6.07, 6.45) is 3.34. The molecule has 0 saturated carbocycles. The molecule has 5 heteroatoms. The summed E-state index contributed by atoms with van der Waals surface area (Å²) in [6.45, 7) is 0. The number of nitro groups is 1. The van der Waals surface area contributed by atoms with Gasteiger partial charge < -0.3 is 4.74 Å². The average Bonchev–Trinajstić information content (AvgIpc) is 2.25. The first kappa shape index (κ1) is 10.9. The van der Waals surface area contributed by atoms with Crippen LogP contribution in [0.25, 0.3) is 6.08 Å². The minimum absolute atomic E-state index is 0.0695. The van der Waals surface area contributed by atoms with Gasteiger partial charge in [-0.25, -0.2) is 0 Å². The molecule has 0 aromatic heterocycles. The summed E-state index contributed by atoms with van der Waals surface area (Å²) in [5.74, 6) is 0.384. The Morgan fingerprint density at radius 1 is 1.40 bits per heavy atom. The van der Waals surface area contributed by atoms with Gasteiger partial charge in [0.2, 0.25) is 0 Å². The van der Waals surface area contributed by atoms with Crippen molar-refractivity contribution in [1.29, 1.82) is 0 Å². The topological polar surface area (TPSA) is 69.4 Å². The summed E-state index contributed by atoms with van der Waals surface area (Å²) < 4.78 is 4.90. The largest absolute Gasteiger partial charge is 0.496 e. The minimum Gasteiger partial charge on any atom is -0.496 e. The van der Waals surface area contributed by atoms with Crippen LogP contribution >= 0.6 is 0 Å². The lowest BCUT2D eigenvalue weighted by Crippen LogP contribution is -1.91. The molecule has 5 nitrogen and oxygen atoms in total. The molecule has 0 amide bonds. The van der Waals surface area contributed by atoms with E-state index < -0.39 is 4.92 Å². The van der Waals surface area contributed by atoms with Crippen LogP contribution < -0.4 is 4.74 Å². The number of allylic oxidation sites excluding steroid dienone is 1. The van der Waals surface area contributed by atoms with Gasteiger partial charge in [0.1, 0.15) is 12.0 Å². The van der Waals surface area contributed by atoms with E-state index >= 15 is 0 Å². The number of carbonyl (C=O) groups is 1. The van der Waals surface area contributed by atoms with E-state index in [1.165, 1.54) is 31.4 Å². The third kappa shape index (κ3) is 2.91. The van der Waals surface area contributed by atoms with Crippen molar-refractivity contribution in [3.05, 3.63) is 40.0 Å². The highest BCUT2D eigenvalue weighted by Crippen LogP contribution is 2.23. The lowest BCUT2D eigenvalue weighted by Gasteiger charge is -2.01. The van der Waals surface area contributed by atoms with Gasteiger partial charge in [0.25, 0.3) is 5.69 Å². The molecule has 0 heterocycles. The molecule has 0 aliphatic carbocycles. The van der Waals surface area contributed by atoms with E-state index in [0.717, 1.165) is 0 Å². The maximum atomic E-state index is 10.6. The predicted octanol–water partition coefficient (Wildman–Crippen LogP) is 1.82. The number of ether oxygens (including phenoxy) is 1. The van der Waals surface area contributed by atoms with Crippen LogP contribution in [0.15, 0.2) is 24.3 Å². The molecule has 1 rings (SSSR count). The molecule has 0 radical (unpaired) electrons. The zero-order valence-electron chi connectivity index (χ0n) is 8.04. The molecular weight excluding hydrogens is 198 g/mol. The van der Waals surface area contributed by atoms with Gasteiger partial charge in [0.05, 0.1) is 18.1 Å². The average molecular weight is 207 g/mol. The minimum atomic E-state index is -0.513. The first-order valence-electron chi connectivity index (χ1n) is 4.12. The van der Waals surface area contributed by atoms with Crippen molar-refractivity contribution < 1.29 is 14.5 Å². The lowest BCUT2D eigenvalue weighted by molar-refractivity contribution is -0.384. The summed E-state index contributed by atoms with van der Waals surface area (Å²) in [5.41, 5.74) is 0.480. The standard InChI is InChI=1S/C10H9NO4/c1-15-10-6-8(3-2-4-12)5-9(7-10)11(13)14/h2-7H,1H3. The number of carbonyl (C=O) groups excluding carboxylic acids is 1. The number of nitro benzene ring substituents is 1. The van der Waals surface area contributed by atoms with Crippen molar-refractivity contribution >= 4 is 18.0 Å². The van der Waals surface area contributed by atoms with E-state index in [9.17, 15) is 14.9 Å². The Morgan fingerprint density at radius 2 is 2.13 bits per heavy atom. The maximum Gasteiger partial charge on any atom is 0.273 e. The van der Waals surface area contributed by atoms with Crippen molar-refractivity contribution in [3.63, 3.8) is 0 Å². The fraction of sp³-hybridized carbons (Fsp3) is 0.100. The van der Waals surface area contributed by atoms with Crippen LogP contribution in [0, 0.1) is 10.1 Å². The van der Waals surface area contributed by atoms with Crippen molar-refractivity contribution in [2.24, 2.45) is 0 Å². The summed E-state index contributed by atoms with van der Waals surface area (Å²) >= 11 is 0. The van der Waals surface area contributed by atoms with Crippen molar-refractivity contribution in [2.75, 3.05) is 7.11 Å². The quantitative estimate of drug-likeness (QED) is 0.327. The second-order valence-corrected chi connectivity index (χ2v) is 2.72. The van der Waals surface area contributed by atoms with Gasteiger partial charge in [-0.3, -0.25) is 14.9 Å². The van der Waals surface area contributed by atoms with E-state index in [1.807, 2.05) is 0 Å². The predicted molar refractivity (Wildman–Crippen MR) is 54.7 cm³/mol. The molecule has 0 spiro atoms. The Hall–Kier alpha value is -2.17. The van der Waals surface area contributed by atoms with Gasteiger partial charge in [-0.15, -0.1) is 0 Å². The number of methoxy groups -OCH3 is 1. The molecule has 0 fully saturated rings. The third-order valence-corrected chi connectivity index (χ3v) is 1.73. The summed E-state index contributed by atoms with van der Waals surface area (Å²) in [7, 11) is 1.42. The van der Waals surface area contributed by atoms with Crippen molar-refractivity contribution in [3.8, 4) is 5.75 Å². The van der Waals surface area contributed by atoms with Crippen LogP contribution in [0.4, 0.5) is 5.69 Å². The fourth-order valence-corrected chi connectivity index (χ4v) is 1.08. The molecule has 78 valence electrons. The Bertz CT molecular complexity index is 412. The number of nitrogens with zero attached hydrogens (tertiary/aromatic N) is 1. The number of rotatable bonds is 4. The second kappa shape index (κ2) is 4.90. The highest BCUT2D eigenvalue weighted by molar-refractivity contribution is 5.74. The Labute approximate surface area is 86.1 Å². The molecule has 0 unspecified atom stereocenters. The van der Waals surface area contributed by atoms with Crippen LogP contribution in [-0.4, -0.2) is 18.3 Å². The molecule has 0 bridgehead atoms. The number of non-ortho nitro benzene ring substituents is 1. The Balaban J connectivity index is 3.16. The Kier molecular flexibility index (Phi) is 3.56. The van der Waals surface area contributed by atoms with E-state index in [2.05, 4.69) is 0 Å². The van der Waals surface area contributed by atoms with Crippen LogP contribution in [0.2, 0.25) is 0 Å². The fourth-order valence-electron chi connectivity index (χ4n) is 1.08. The van der Waals surface area contributed by atoms with E-state index in [1.54, 1.807) is 6.07 Å². The maximum absolute atomic E-state index is 10.6. The molecule has 15 heavy (non-hydrogen) atoms. The van der Waals surface area contributed by atoms with Crippen molar-refractivity contribution in [2.45, 2.75) is 0 Å². The molecule has 0 atom stereocenters. The van der Waals surface area contributed by atoms with Crippen LogP contribution in [0.3, 0.4) is 0 Å². The SMILES string of the molecule is COc1cc(C=CC=O)cc([N+](=O)[O-])c1. The lowest BCUT2D eigenvalue weighted by atomic mass is 10.2. The third-order valence-electron chi connectivity index (χ3n) is 1.73. The molecule has 1 aromatic rings. The summed E-state index contributed by atoms with van der Waals surface area (Å²) in [5, 5.41) is 10.6. The normalized spacial score (nSPS) is 10.2. The molecule has 0 aliphatic rings. The van der Waals surface area contributed by atoms with Crippen LogP contribution in [0.5, 0.6) is 5.75 Å². The van der Waals surface area contributed by atoms with Gasteiger partial charge in [-0.05, 0) is 17.7 Å². The van der Waals surface area contributed by atoms with Crippen molar-refractivity contribution in [1.82, 2.24) is 0 Å². The smallest absolute Gasteiger partial charge is 0.273 e. The monoisotopic (exact) mass is 207 g/mol. The number of hydrogen-bond acceptors (Lipinski definition) is 4. The van der Waals surface area contributed by atoms with Gasteiger partial charge in [-0.1, -0.05) is 6.08 Å².